The molecule has 0 spiro atoms. The van der Waals surface area contributed by atoms with Gasteiger partial charge in [0, 0.05) is 6.07 Å². The first-order valence-electron chi connectivity index (χ1n) is 6.56. The van der Waals surface area contributed by atoms with Crippen molar-refractivity contribution in [3.05, 3.63) is 17.8 Å². The van der Waals surface area contributed by atoms with Crippen LogP contribution < -0.4 is 10.5 Å². The standard InChI is InChI=1S/C14H20N2O3/c1-9-7-13(16-8-12(9)15)19-11-5-3-10(4-6-11)14(17)18-2/h7-8,10-11H,3-6,15H2,1-2H3. The summed E-state index contributed by atoms with van der Waals surface area (Å²) < 4.78 is 10.6. The van der Waals surface area contributed by atoms with Crippen LogP contribution in [0.2, 0.25) is 0 Å². The van der Waals surface area contributed by atoms with Crippen molar-refractivity contribution >= 4 is 11.7 Å². The average molecular weight is 264 g/mol. The normalized spacial score (nSPS) is 22.8. The third-order valence-electron chi connectivity index (χ3n) is 3.62. The molecule has 5 heteroatoms. The molecule has 1 aromatic rings. The van der Waals surface area contributed by atoms with Gasteiger partial charge in [0.1, 0.15) is 6.10 Å². The summed E-state index contributed by atoms with van der Waals surface area (Å²) in [6, 6.07) is 1.85. The maximum absolute atomic E-state index is 11.4. The van der Waals surface area contributed by atoms with Gasteiger partial charge in [0.05, 0.1) is 24.9 Å². The number of methoxy groups -OCH3 is 1. The Morgan fingerprint density at radius 3 is 2.63 bits per heavy atom. The molecular weight excluding hydrogens is 244 g/mol. The van der Waals surface area contributed by atoms with Crippen LogP contribution >= 0.6 is 0 Å². The number of hydrogen-bond acceptors (Lipinski definition) is 5. The number of ether oxygens (including phenoxy) is 2. The van der Waals surface area contributed by atoms with E-state index >= 15 is 0 Å². The first kappa shape index (κ1) is 13.6. The number of nitrogen functional groups attached to an aromatic ring is 1. The fourth-order valence-corrected chi connectivity index (χ4v) is 2.36. The molecule has 1 saturated carbocycles. The smallest absolute Gasteiger partial charge is 0.308 e. The van der Waals surface area contributed by atoms with Gasteiger partial charge in [-0.05, 0) is 38.2 Å². The second kappa shape index (κ2) is 5.91. The van der Waals surface area contributed by atoms with Gasteiger partial charge in [0.25, 0.3) is 0 Å². The molecule has 0 saturated heterocycles. The molecule has 0 aromatic carbocycles. The highest BCUT2D eigenvalue weighted by atomic mass is 16.5. The van der Waals surface area contributed by atoms with Crippen LogP contribution in [0.4, 0.5) is 5.69 Å². The van der Waals surface area contributed by atoms with Crippen molar-refractivity contribution in [1.29, 1.82) is 0 Å². The fraction of sp³-hybridized carbons (Fsp3) is 0.571. The highest BCUT2D eigenvalue weighted by Crippen LogP contribution is 2.28. The van der Waals surface area contributed by atoms with E-state index in [4.69, 9.17) is 15.2 Å². The van der Waals surface area contributed by atoms with Crippen LogP contribution in [0.15, 0.2) is 12.3 Å². The van der Waals surface area contributed by atoms with E-state index in [0.29, 0.717) is 11.6 Å². The van der Waals surface area contributed by atoms with Gasteiger partial charge in [-0.15, -0.1) is 0 Å². The third-order valence-corrected chi connectivity index (χ3v) is 3.62. The third kappa shape index (κ3) is 3.36. The van der Waals surface area contributed by atoms with Crippen LogP contribution in [0.25, 0.3) is 0 Å². The van der Waals surface area contributed by atoms with Gasteiger partial charge in [0.2, 0.25) is 5.88 Å². The molecule has 1 aliphatic rings. The van der Waals surface area contributed by atoms with E-state index in [1.54, 1.807) is 6.20 Å². The predicted molar refractivity (Wildman–Crippen MR) is 71.8 cm³/mol. The zero-order valence-electron chi connectivity index (χ0n) is 11.4. The van der Waals surface area contributed by atoms with E-state index in [-0.39, 0.29) is 18.0 Å². The van der Waals surface area contributed by atoms with Crippen molar-refractivity contribution in [2.75, 3.05) is 12.8 Å². The van der Waals surface area contributed by atoms with Gasteiger partial charge in [-0.3, -0.25) is 4.79 Å². The first-order valence-corrected chi connectivity index (χ1v) is 6.56. The molecule has 2 N–H and O–H groups in total. The second-order valence-corrected chi connectivity index (χ2v) is 4.99. The minimum absolute atomic E-state index is 0.0194. The summed E-state index contributed by atoms with van der Waals surface area (Å²) in [5.74, 6) is 0.513. The number of nitrogens with two attached hydrogens (primary N) is 1. The SMILES string of the molecule is COC(=O)C1CCC(Oc2cc(C)c(N)cn2)CC1. The van der Waals surface area contributed by atoms with E-state index in [9.17, 15) is 4.79 Å². The number of rotatable bonds is 3. The highest BCUT2D eigenvalue weighted by Gasteiger charge is 2.28. The van der Waals surface area contributed by atoms with Crippen molar-refractivity contribution in [1.82, 2.24) is 4.98 Å². The lowest BCUT2D eigenvalue weighted by atomic mass is 9.87. The molecule has 1 aliphatic carbocycles. The van der Waals surface area contributed by atoms with E-state index < -0.39 is 0 Å². The van der Waals surface area contributed by atoms with Crippen LogP contribution in [0.1, 0.15) is 31.2 Å². The van der Waals surface area contributed by atoms with Crippen molar-refractivity contribution in [2.45, 2.75) is 38.7 Å². The summed E-state index contributed by atoms with van der Waals surface area (Å²) in [6.45, 7) is 1.93. The number of esters is 1. The van der Waals surface area contributed by atoms with Crippen molar-refractivity contribution in [3.63, 3.8) is 0 Å². The minimum Gasteiger partial charge on any atom is -0.474 e. The molecule has 0 aliphatic heterocycles. The van der Waals surface area contributed by atoms with Crippen LogP contribution in [0, 0.1) is 12.8 Å². The lowest BCUT2D eigenvalue weighted by Gasteiger charge is -2.27. The number of carbonyl (C=O) groups excluding carboxylic acids is 1. The van der Waals surface area contributed by atoms with Crippen LogP contribution in [-0.2, 0) is 9.53 Å². The maximum Gasteiger partial charge on any atom is 0.308 e. The Morgan fingerprint density at radius 1 is 1.37 bits per heavy atom. The van der Waals surface area contributed by atoms with Crippen molar-refractivity contribution in [3.8, 4) is 5.88 Å². The summed E-state index contributed by atoms with van der Waals surface area (Å²) >= 11 is 0. The van der Waals surface area contributed by atoms with Gasteiger partial charge in [0.15, 0.2) is 0 Å². The monoisotopic (exact) mass is 264 g/mol. The Bertz CT molecular complexity index is 454. The molecule has 0 amide bonds. The topological polar surface area (TPSA) is 74.4 Å². The molecule has 1 fully saturated rings. The largest absolute Gasteiger partial charge is 0.474 e. The number of hydrogen-bond donors (Lipinski definition) is 1. The lowest BCUT2D eigenvalue weighted by Crippen LogP contribution is -2.28. The number of anilines is 1. The molecule has 1 heterocycles. The second-order valence-electron chi connectivity index (χ2n) is 4.99. The average Bonchev–Trinajstić information content (AvgIpc) is 2.43. The van der Waals surface area contributed by atoms with E-state index in [1.165, 1.54) is 7.11 Å². The quantitative estimate of drug-likeness (QED) is 0.846. The van der Waals surface area contributed by atoms with Gasteiger partial charge < -0.3 is 15.2 Å². The predicted octanol–water partition coefficient (Wildman–Crippen LogP) is 2.08. The number of nitrogens with zero attached hydrogens (tertiary/aromatic N) is 1. The van der Waals surface area contributed by atoms with Gasteiger partial charge in [-0.25, -0.2) is 4.98 Å². The molecule has 5 nitrogen and oxygen atoms in total. The van der Waals surface area contributed by atoms with Gasteiger partial charge in [-0.1, -0.05) is 0 Å². The first-order chi connectivity index (χ1) is 9.10. The Labute approximate surface area is 113 Å². The summed E-state index contributed by atoms with van der Waals surface area (Å²) in [6.07, 6.45) is 5.06. The zero-order chi connectivity index (χ0) is 13.8. The Kier molecular flexibility index (Phi) is 4.24. The van der Waals surface area contributed by atoms with Crippen molar-refractivity contribution < 1.29 is 14.3 Å². The Hall–Kier alpha value is -1.78. The zero-order valence-corrected chi connectivity index (χ0v) is 11.4. The molecule has 104 valence electrons. The Morgan fingerprint density at radius 2 is 2.05 bits per heavy atom. The van der Waals surface area contributed by atoms with Gasteiger partial charge >= 0.3 is 5.97 Å². The number of aromatic nitrogens is 1. The van der Waals surface area contributed by atoms with Crippen molar-refractivity contribution in [2.24, 2.45) is 5.92 Å². The molecule has 2 rings (SSSR count). The Balaban J connectivity index is 1.88. The summed E-state index contributed by atoms with van der Waals surface area (Å²) in [7, 11) is 1.44. The molecule has 0 atom stereocenters. The van der Waals surface area contributed by atoms with E-state index in [0.717, 1.165) is 31.2 Å². The van der Waals surface area contributed by atoms with Gasteiger partial charge in [-0.2, -0.15) is 0 Å². The fourth-order valence-electron chi connectivity index (χ4n) is 2.36. The summed E-state index contributed by atoms with van der Waals surface area (Å²) in [4.78, 5) is 15.6. The number of aryl methyl sites for hydroxylation is 1. The number of pyridine rings is 1. The molecular formula is C14H20N2O3. The van der Waals surface area contributed by atoms with E-state index in [2.05, 4.69) is 4.98 Å². The summed E-state index contributed by atoms with van der Waals surface area (Å²) in [5, 5.41) is 0. The van der Waals surface area contributed by atoms with Crippen LogP contribution in [-0.4, -0.2) is 24.2 Å². The number of carbonyl (C=O) groups is 1. The molecule has 0 unspecified atom stereocenters. The molecule has 0 radical (unpaired) electrons. The molecule has 0 bridgehead atoms. The van der Waals surface area contributed by atoms with Crippen LogP contribution in [0.3, 0.4) is 0 Å². The lowest BCUT2D eigenvalue weighted by molar-refractivity contribution is -0.147. The minimum atomic E-state index is -0.111. The maximum atomic E-state index is 11.4. The highest BCUT2D eigenvalue weighted by molar-refractivity contribution is 5.72. The van der Waals surface area contributed by atoms with E-state index in [1.807, 2.05) is 13.0 Å². The summed E-state index contributed by atoms with van der Waals surface area (Å²) in [5.41, 5.74) is 7.35. The van der Waals surface area contributed by atoms with Crippen LogP contribution in [0.5, 0.6) is 5.88 Å². The molecule has 1 aromatic heterocycles. The molecule has 19 heavy (non-hydrogen) atoms.